The van der Waals surface area contributed by atoms with E-state index in [9.17, 15) is 4.79 Å². The van der Waals surface area contributed by atoms with Crippen LogP contribution >= 0.6 is 0 Å². The van der Waals surface area contributed by atoms with Crippen LogP contribution in [0.2, 0.25) is 0 Å². The summed E-state index contributed by atoms with van der Waals surface area (Å²) in [6.07, 6.45) is 2.57. The third-order valence-corrected chi connectivity index (χ3v) is 3.60. The Hall–Kier alpha value is -1.55. The average Bonchev–Trinajstić information content (AvgIpc) is 3.26. The second-order valence-electron chi connectivity index (χ2n) is 5.69. The van der Waals surface area contributed by atoms with Crippen molar-refractivity contribution in [2.45, 2.75) is 45.3 Å². The molecule has 0 saturated heterocycles. The SMILES string of the molecule is CC(C)N(C)C(=O)COc1cccc(CNC2CC2)c1. The lowest BCUT2D eigenvalue weighted by molar-refractivity contribution is -0.133. The fourth-order valence-corrected chi connectivity index (χ4v) is 1.83. The van der Waals surface area contributed by atoms with Gasteiger partial charge in [0.15, 0.2) is 6.61 Å². The molecule has 1 aliphatic rings. The van der Waals surface area contributed by atoms with Crippen LogP contribution in [0.4, 0.5) is 0 Å². The monoisotopic (exact) mass is 276 g/mol. The lowest BCUT2D eigenvalue weighted by Gasteiger charge is -2.21. The summed E-state index contributed by atoms with van der Waals surface area (Å²) in [4.78, 5) is 13.5. The fourth-order valence-electron chi connectivity index (χ4n) is 1.83. The van der Waals surface area contributed by atoms with E-state index in [4.69, 9.17) is 4.74 Å². The van der Waals surface area contributed by atoms with Crippen molar-refractivity contribution in [2.75, 3.05) is 13.7 Å². The second-order valence-corrected chi connectivity index (χ2v) is 5.69. The van der Waals surface area contributed by atoms with E-state index in [1.807, 2.05) is 32.0 Å². The summed E-state index contributed by atoms with van der Waals surface area (Å²) in [5.74, 6) is 0.757. The largest absolute Gasteiger partial charge is 0.484 e. The van der Waals surface area contributed by atoms with Gasteiger partial charge in [0.2, 0.25) is 0 Å². The molecule has 0 aromatic heterocycles. The molecule has 0 aliphatic heterocycles. The molecule has 1 N–H and O–H groups in total. The molecule has 1 aliphatic carbocycles. The van der Waals surface area contributed by atoms with Crippen LogP contribution in [0, 0.1) is 0 Å². The van der Waals surface area contributed by atoms with Gasteiger partial charge in [-0.1, -0.05) is 12.1 Å². The van der Waals surface area contributed by atoms with Crippen molar-refractivity contribution in [1.82, 2.24) is 10.2 Å². The summed E-state index contributed by atoms with van der Waals surface area (Å²) in [7, 11) is 1.80. The molecule has 4 nitrogen and oxygen atoms in total. The van der Waals surface area contributed by atoms with Crippen LogP contribution in [0.5, 0.6) is 5.75 Å². The lowest BCUT2D eigenvalue weighted by Crippen LogP contribution is -2.36. The molecule has 1 aromatic carbocycles. The molecular formula is C16H24N2O2. The van der Waals surface area contributed by atoms with Crippen molar-refractivity contribution in [3.05, 3.63) is 29.8 Å². The van der Waals surface area contributed by atoms with Crippen LogP contribution < -0.4 is 10.1 Å². The first-order valence-electron chi connectivity index (χ1n) is 7.27. The third kappa shape index (κ3) is 4.53. The van der Waals surface area contributed by atoms with Gasteiger partial charge < -0.3 is 15.0 Å². The zero-order chi connectivity index (χ0) is 14.5. The Labute approximate surface area is 121 Å². The van der Waals surface area contributed by atoms with Gasteiger partial charge in [0, 0.05) is 25.7 Å². The minimum atomic E-state index is 0.00140. The van der Waals surface area contributed by atoms with Crippen molar-refractivity contribution >= 4 is 5.91 Å². The maximum atomic E-state index is 11.9. The number of carbonyl (C=O) groups is 1. The summed E-state index contributed by atoms with van der Waals surface area (Å²) >= 11 is 0. The number of hydrogen-bond acceptors (Lipinski definition) is 3. The van der Waals surface area contributed by atoms with Crippen LogP contribution in [0.1, 0.15) is 32.3 Å². The van der Waals surface area contributed by atoms with Gasteiger partial charge in [0.05, 0.1) is 0 Å². The maximum absolute atomic E-state index is 11.9. The molecule has 1 saturated carbocycles. The van der Waals surface area contributed by atoms with Crippen LogP contribution in [-0.4, -0.2) is 36.5 Å². The predicted octanol–water partition coefficient (Wildman–Crippen LogP) is 2.18. The number of carbonyl (C=O) groups excluding carboxylic acids is 1. The molecule has 1 fully saturated rings. The van der Waals surface area contributed by atoms with Gasteiger partial charge in [-0.25, -0.2) is 0 Å². The quantitative estimate of drug-likeness (QED) is 0.830. The first-order chi connectivity index (χ1) is 9.56. The summed E-state index contributed by atoms with van der Waals surface area (Å²) < 4.78 is 5.58. The highest BCUT2D eigenvalue weighted by Gasteiger charge is 2.20. The molecule has 0 radical (unpaired) electrons. The second kappa shape index (κ2) is 6.75. The average molecular weight is 276 g/mol. The third-order valence-electron chi connectivity index (χ3n) is 3.60. The first-order valence-corrected chi connectivity index (χ1v) is 7.27. The summed E-state index contributed by atoms with van der Waals surface area (Å²) in [6, 6.07) is 8.82. The van der Waals surface area contributed by atoms with E-state index in [0.717, 1.165) is 12.3 Å². The smallest absolute Gasteiger partial charge is 0.260 e. The lowest BCUT2D eigenvalue weighted by atomic mass is 10.2. The number of nitrogens with zero attached hydrogens (tertiary/aromatic N) is 1. The molecule has 1 amide bonds. The Morgan fingerprint density at radius 3 is 2.85 bits per heavy atom. The Morgan fingerprint density at radius 1 is 1.45 bits per heavy atom. The maximum Gasteiger partial charge on any atom is 0.260 e. The van der Waals surface area contributed by atoms with E-state index in [1.54, 1.807) is 11.9 Å². The van der Waals surface area contributed by atoms with E-state index in [0.29, 0.717) is 6.04 Å². The molecule has 20 heavy (non-hydrogen) atoms. The van der Waals surface area contributed by atoms with Crippen molar-refractivity contribution in [1.29, 1.82) is 0 Å². The predicted molar refractivity (Wildman–Crippen MR) is 79.7 cm³/mol. The molecule has 110 valence electrons. The van der Waals surface area contributed by atoms with Gasteiger partial charge in [-0.05, 0) is 44.4 Å². The molecular weight excluding hydrogens is 252 g/mol. The molecule has 1 aromatic rings. The standard InChI is InChI=1S/C16H24N2O2/c1-12(2)18(3)16(19)11-20-15-6-4-5-13(9-15)10-17-14-7-8-14/h4-6,9,12,14,17H,7-8,10-11H2,1-3H3. The van der Waals surface area contributed by atoms with Crippen LogP contribution in [-0.2, 0) is 11.3 Å². The van der Waals surface area contributed by atoms with E-state index in [1.165, 1.54) is 18.4 Å². The van der Waals surface area contributed by atoms with Gasteiger partial charge in [0.1, 0.15) is 5.75 Å². The molecule has 0 heterocycles. The van der Waals surface area contributed by atoms with Crippen molar-refractivity contribution in [3.63, 3.8) is 0 Å². The van der Waals surface area contributed by atoms with E-state index in [-0.39, 0.29) is 18.6 Å². The Morgan fingerprint density at radius 2 is 2.20 bits per heavy atom. The number of likely N-dealkylation sites (N-methyl/N-ethyl adjacent to an activating group) is 1. The van der Waals surface area contributed by atoms with E-state index < -0.39 is 0 Å². The number of rotatable bonds is 7. The minimum Gasteiger partial charge on any atom is -0.484 e. The van der Waals surface area contributed by atoms with Crippen LogP contribution in [0.15, 0.2) is 24.3 Å². The number of nitrogens with one attached hydrogen (secondary N) is 1. The fraction of sp³-hybridized carbons (Fsp3) is 0.562. The van der Waals surface area contributed by atoms with Gasteiger partial charge in [-0.2, -0.15) is 0 Å². The minimum absolute atomic E-state index is 0.00140. The topological polar surface area (TPSA) is 41.6 Å². The number of benzene rings is 1. The summed E-state index contributed by atoms with van der Waals surface area (Å²) in [5.41, 5.74) is 1.19. The van der Waals surface area contributed by atoms with E-state index >= 15 is 0 Å². The van der Waals surface area contributed by atoms with Crippen molar-refractivity contribution < 1.29 is 9.53 Å². The highest BCUT2D eigenvalue weighted by Crippen LogP contribution is 2.20. The number of ether oxygens (including phenoxy) is 1. The molecule has 0 unspecified atom stereocenters. The summed E-state index contributed by atoms with van der Waals surface area (Å²) in [6.45, 7) is 4.93. The molecule has 0 bridgehead atoms. The van der Waals surface area contributed by atoms with Gasteiger partial charge >= 0.3 is 0 Å². The molecule has 2 rings (SSSR count). The number of amides is 1. The highest BCUT2D eigenvalue weighted by molar-refractivity contribution is 5.77. The van der Waals surface area contributed by atoms with Crippen molar-refractivity contribution in [3.8, 4) is 5.75 Å². The van der Waals surface area contributed by atoms with Gasteiger partial charge in [-0.3, -0.25) is 4.79 Å². The van der Waals surface area contributed by atoms with E-state index in [2.05, 4.69) is 11.4 Å². The normalized spacial score (nSPS) is 14.4. The first kappa shape index (κ1) is 14.9. The summed E-state index contributed by atoms with van der Waals surface area (Å²) in [5, 5.41) is 3.47. The molecule has 0 atom stereocenters. The Bertz CT molecular complexity index is 456. The Kier molecular flexibility index (Phi) is 5.01. The van der Waals surface area contributed by atoms with Gasteiger partial charge in [-0.15, -0.1) is 0 Å². The van der Waals surface area contributed by atoms with Gasteiger partial charge in [0.25, 0.3) is 5.91 Å². The highest BCUT2D eigenvalue weighted by atomic mass is 16.5. The molecule has 4 heteroatoms. The van der Waals surface area contributed by atoms with Crippen LogP contribution in [0.3, 0.4) is 0 Å². The van der Waals surface area contributed by atoms with Crippen LogP contribution in [0.25, 0.3) is 0 Å². The number of hydrogen-bond donors (Lipinski definition) is 1. The molecule has 0 spiro atoms. The Balaban J connectivity index is 1.82. The zero-order valence-electron chi connectivity index (χ0n) is 12.6. The van der Waals surface area contributed by atoms with Crippen molar-refractivity contribution in [2.24, 2.45) is 0 Å². The zero-order valence-corrected chi connectivity index (χ0v) is 12.6.